The Morgan fingerprint density at radius 3 is 2.89 bits per heavy atom. The lowest BCUT2D eigenvalue weighted by Gasteiger charge is -2.18. The third-order valence-corrected chi connectivity index (χ3v) is 4.46. The average molecular weight is 264 g/mol. The zero-order valence-electron chi connectivity index (χ0n) is 10.6. The van der Waals surface area contributed by atoms with Crippen molar-refractivity contribution in [3.63, 3.8) is 0 Å². The van der Waals surface area contributed by atoms with Crippen molar-refractivity contribution in [1.29, 1.82) is 0 Å². The maximum Gasteiger partial charge on any atom is 0.106 e. The van der Waals surface area contributed by atoms with Gasteiger partial charge in [0.25, 0.3) is 0 Å². The monoisotopic (exact) mass is 264 g/mol. The van der Waals surface area contributed by atoms with Crippen molar-refractivity contribution >= 4 is 22.7 Å². The van der Waals surface area contributed by atoms with Crippen molar-refractivity contribution in [3.8, 4) is 11.3 Å². The van der Waals surface area contributed by atoms with Crippen LogP contribution in [-0.4, -0.2) is 9.97 Å². The summed E-state index contributed by atoms with van der Waals surface area (Å²) in [4.78, 5) is 9.45. The molecule has 1 aliphatic rings. The Morgan fingerprint density at radius 2 is 1.95 bits per heavy atom. The van der Waals surface area contributed by atoms with Crippen LogP contribution in [0.2, 0.25) is 0 Å². The fourth-order valence-corrected chi connectivity index (χ4v) is 3.51. The number of pyridine rings is 2. The summed E-state index contributed by atoms with van der Waals surface area (Å²) in [7, 11) is 0. The standard InChI is InChI=1S/C16H12N2S/c1-10-6-7-13-15-12(9-19-16(13)17-10)8-11-4-2-3-5-14(11)18-15/h2-8H,9H2,1H3. The number of nitrogens with zero attached hydrogens (tertiary/aromatic N) is 2. The van der Waals surface area contributed by atoms with Crippen molar-refractivity contribution in [2.24, 2.45) is 0 Å². The molecule has 3 aromatic rings. The molecular formula is C16H12N2S. The highest BCUT2D eigenvalue weighted by molar-refractivity contribution is 7.98. The molecule has 0 saturated carbocycles. The Bertz CT molecular complexity index is 796. The van der Waals surface area contributed by atoms with Crippen LogP contribution in [0, 0.1) is 6.92 Å². The lowest BCUT2D eigenvalue weighted by molar-refractivity contribution is 1.05. The minimum absolute atomic E-state index is 0.955. The van der Waals surface area contributed by atoms with E-state index >= 15 is 0 Å². The van der Waals surface area contributed by atoms with E-state index in [1.807, 2.05) is 13.0 Å². The minimum Gasteiger partial charge on any atom is -0.247 e. The first-order valence-corrected chi connectivity index (χ1v) is 7.29. The summed E-state index contributed by atoms with van der Waals surface area (Å²) >= 11 is 1.80. The van der Waals surface area contributed by atoms with Gasteiger partial charge >= 0.3 is 0 Å². The molecule has 0 N–H and O–H groups in total. The first-order chi connectivity index (χ1) is 9.31. The number of benzene rings is 1. The van der Waals surface area contributed by atoms with E-state index in [2.05, 4.69) is 41.4 Å². The molecule has 0 bridgehead atoms. The van der Waals surface area contributed by atoms with Crippen LogP contribution in [0.25, 0.3) is 22.2 Å². The van der Waals surface area contributed by atoms with Gasteiger partial charge in [0, 0.05) is 22.4 Å². The van der Waals surface area contributed by atoms with E-state index in [4.69, 9.17) is 4.98 Å². The molecule has 19 heavy (non-hydrogen) atoms. The van der Waals surface area contributed by atoms with E-state index in [9.17, 15) is 0 Å². The molecular weight excluding hydrogens is 252 g/mol. The molecule has 0 saturated heterocycles. The van der Waals surface area contributed by atoms with E-state index in [0.29, 0.717) is 0 Å². The molecule has 0 amide bonds. The van der Waals surface area contributed by atoms with Gasteiger partial charge in [0.15, 0.2) is 0 Å². The largest absolute Gasteiger partial charge is 0.247 e. The topological polar surface area (TPSA) is 25.8 Å². The van der Waals surface area contributed by atoms with Crippen LogP contribution in [0.15, 0.2) is 47.5 Å². The van der Waals surface area contributed by atoms with Crippen molar-refractivity contribution in [1.82, 2.24) is 9.97 Å². The zero-order chi connectivity index (χ0) is 12.8. The van der Waals surface area contributed by atoms with Gasteiger partial charge < -0.3 is 0 Å². The molecule has 4 rings (SSSR count). The molecule has 0 fully saturated rings. The number of thioether (sulfide) groups is 1. The van der Waals surface area contributed by atoms with Crippen LogP contribution in [0.3, 0.4) is 0 Å². The molecule has 2 aromatic heterocycles. The van der Waals surface area contributed by atoms with Gasteiger partial charge in [0.05, 0.1) is 11.2 Å². The lowest BCUT2D eigenvalue weighted by atomic mass is 10.0. The van der Waals surface area contributed by atoms with Gasteiger partial charge in [-0.3, -0.25) is 0 Å². The smallest absolute Gasteiger partial charge is 0.106 e. The minimum atomic E-state index is 0.955. The van der Waals surface area contributed by atoms with E-state index in [-0.39, 0.29) is 0 Å². The second-order valence-corrected chi connectivity index (χ2v) is 5.75. The summed E-state index contributed by atoms with van der Waals surface area (Å²) in [5.41, 5.74) is 5.69. The fourth-order valence-electron chi connectivity index (χ4n) is 2.47. The van der Waals surface area contributed by atoms with Gasteiger partial charge in [-0.05, 0) is 36.8 Å². The fraction of sp³-hybridized carbons (Fsp3) is 0.125. The van der Waals surface area contributed by atoms with Gasteiger partial charge in [-0.15, -0.1) is 11.8 Å². The summed E-state index contributed by atoms with van der Waals surface area (Å²) < 4.78 is 0. The van der Waals surface area contributed by atoms with E-state index in [1.165, 1.54) is 16.5 Å². The molecule has 2 nitrogen and oxygen atoms in total. The van der Waals surface area contributed by atoms with Crippen molar-refractivity contribution in [2.75, 3.05) is 0 Å². The third-order valence-electron chi connectivity index (χ3n) is 3.42. The van der Waals surface area contributed by atoms with E-state index < -0.39 is 0 Å². The van der Waals surface area contributed by atoms with Gasteiger partial charge in [-0.1, -0.05) is 18.2 Å². The Labute approximate surface area is 115 Å². The maximum atomic E-state index is 4.83. The Kier molecular flexibility index (Phi) is 2.35. The Morgan fingerprint density at radius 1 is 1.05 bits per heavy atom. The molecule has 0 unspecified atom stereocenters. The maximum absolute atomic E-state index is 4.83. The second kappa shape index (κ2) is 4.07. The Balaban J connectivity index is 2.02. The third kappa shape index (κ3) is 1.73. The number of rotatable bonds is 0. The van der Waals surface area contributed by atoms with Crippen molar-refractivity contribution < 1.29 is 0 Å². The van der Waals surface area contributed by atoms with Crippen LogP contribution in [0.4, 0.5) is 0 Å². The number of fused-ring (bicyclic) bond motifs is 4. The highest BCUT2D eigenvalue weighted by atomic mass is 32.2. The molecule has 3 heterocycles. The SMILES string of the molecule is Cc1ccc2c(n1)SCc1cc3ccccc3nc1-2. The predicted octanol–water partition coefficient (Wildman–Crippen LogP) is 4.21. The molecule has 0 radical (unpaired) electrons. The normalized spacial score (nSPS) is 13.1. The average Bonchev–Trinajstić information content (AvgIpc) is 2.44. The van der Waals surface area contributed by atoms with Crippen LogP contribution in [0.1, 0.15) is 11.3 Å². The van der Waals surface area contributed by atoms with E-state index in [0.717, 1.165) is 27.7 Å². The lowest BCUT2D eigenvalue weighted by Crippen LogP contribution is -2.01. The van der Waals surface area contributed by atoms with Crippen molar-refractivity contribution in [3.05, 3.63) is 53.7 Å². The molecule has 1 aromatic carbocycles. The van der Waals surface area contributed by atoms with Crippen molar-refractivity contribution in [2.45, 2.75) is 17.7 Å². The summed E-state index contributed by atoms with van der Waals surface area (Å²) in [5.74, 6) is 0.955. The number of aromatic nitrogens is 2. The van der Waals surface area contributed by atoms with Crippen LogP contribution in [-0.2, 0) is 5.75 Å². The molecule has 0 atom stereocenters. The van der Waals surface area contributed by atoms with Crippen LogP contribution in [0.5, 0.6) is 0 Å². The van der Waals surface area contributed by atoms with Crippen LogP contribution >= 0.6 is 11.8 Å². The van der Waals surface area contributed by atoms with Gasteiger partial charge in [-0.2, -0.15) is 0 Å². The number of hydrogen-bond donors (Lipinski definition) is 0. The van der Waals surface area contributed by atoms with Gasteiger partial charge in [0.2, 0.25) is 0 Å². The first kappa shape index (κ1) is 11.0. The highest BCUT2D eigenvalue weighted by Gasteiger charge is 2.19. The Hall–Kier alpha value is -1.87. The molecule has 0 spiro atoms. The molecule has 92 valence electrons. The molecule has 1 aliphatic heterocycles. The summed E-state index contributed by atoms with van der Waals surface area (Å²) in [6.45, 7) is 2.03. The number of para-hydroxylation sites is 1. The summed E-state index contributed by atoms with van der Waals surface area (Å²) in [5, 5.41) is 2.32. The number of hydrogen-bond acceptors (Lipinski definition) is 3. The second-order valence-electron chi connectivity index (χ2n) is 4.78. The van der Waals surface area contributed by atoms with Gasteiger partial charge in [0.1, 0.15) is 5.03 Å². The quantitative estimate of drug-likeness (QED) is 0.608. The molecule has 3 heteroatoms. The first-order valence-electron chi connectivity index (χ1n) is 6.31. The summed E-state index contributed by atoms with van der Waals surface area (Å²) in [6, 6.07) is 14.7. The van der Waals surface area contributed by atoms with E-state index in [1.54, 1.807) is 11.8 Å². The highest BCUT2D eigenvalue weighted by Crippen LogP contribution is 2.40. The summed E-state index contributed by atoms with van der Waals surface area (Å²) in [6.07, 6.45) is 0. The number of aryl methyl sites for hydroxylation is 1. The van der Waals surface area contributed by atoms with Gasteiger partial charge in [-0.25, -0.2) is 9.97 Å². The molecule has 0 aliphatic carbocycles. The van der Waals surface area contributed by atoms with Crippen LogP contribution < -0.4 is 0 Å². The zero-order valence-corrected chi connectivity index (χ0v) is 11.4. The predicted molar refractivity (Wildman–Crippen MR) is 79.3 cm³/mol.